The van der Waals surface area contributed by atoms with Crippen LogP contribution >= 0.6 is 12.1 Å². The first-order chi connectivity index (χ1) is 5.00. The summed E-state index contributed by atoms with van der Waals surface area (Å²) in [5.41, 5.74) is 0. The molecular weight excluding hydrogens is 140 g/mol. The standard InChI is InChI=1S/B10S/c1-7(2)9(5)10(6-11)8(3)4. The summed E-state index contributed by atoms with van der Waals surface area (Å²) < 4.78 is 0. The molecule has 0 unspecified atom stereocenters. The maximum atomic E-state index is 5.56. The molecule has 0 aromatic rings. The molecule has 0 spiro atoms. The first kappa shape index (κ1) is 11.9. The van der Waals surface area contributed by atoms with Gasteiger partial charge in [-0.25, -0.2) is 0 Å². The van der Waals surface area contributed by atoms with Crippen molar-refractivity contribution < 1.29 is 0 Å². The zero-order valence-electron chi connectivity index (χ0n) is 6.18. The first-order valence-corrected chi connectivity index (χ1v) is 3.71. The summed E-state index contributed by atoms with van der Waals surface area (Å²) in [5.74, 6) is 0. The molecular formula is B10S. The van der Waals surface area contributed by atoms with E-state index in [2.05, 4.69) is 12.1 Å². The van der Waals surface area contributed by atoms with Gasteiger partial charge in [0, 0.05) is 0 Å². The van der Waals surface area contributed by atoms with Gasteiger partial charge in [0.15, 0.2) is 0 Å². The number of hydrogen-bond acceptors (Lipinski definition) is 1. The Hall–Kier alpha value is 0.869. The monoisotopic (exact) mass is 142 g/mol. The van der Waals surface area contributed by atoms with Crippen LogP contribution in [-0.2, 0) is 0 Å². The molecule has 0 saturated carbocycles. The third-order valence-electron chi connectivity index (χ3n) is 1.49. The van der Waals surface area contributed by atoms with Crippen molar-refractivity contribution in [2.24, 2.45) is 0 Å². The Labute approximate surface area is 82.5 Å². The quantitative estimate of drug-likeness (QED) is 0.371. The van der Waals surface area contributed by atoms with Crippen LogP contribution in [0.3, 0.4) is 0 Å². The summed E-state index contributed by atoms with van der Waals surface area (Å²) in [7, 11) is 27.0. The molecule has 36 valence electrons. The molecule has 0 N–H and O–H groups in total. The summed E-state index contributed by atoms with van der Waals surface area (Å²) in [6.07, 6.45) is -2.04. The van der Waals surface area contributed by atoms with Gasteiger partial charge in [-0.3, -0.25) is 0 Å². The van der Waals surface area contributed by atoms with Gasteiger partial charge in [-0.15, -0.1) is 0 Å². The van der Waals surface area contributed by atoms with E-state index in [1.54, 1.807) is 0 Å². The molecule has 0 bridgehead atoms. The van der Waals surface area contributed by atoms with E-state index in [0.29, 0.717) is 0 Å². The van der Waals surface area contributed by atoms with E-state index in [9.17, 15) is 0 Å². The molecule has 11 heavy (non-hydrogen) atoms. The van der Waals surface area contributed by atoms with Gasteiger partial charge in [-0.05, 0) is 0 Å². The molecule has 0 aliphatic rings. The third kappa shape index (κ3) is 3.87. The number of hydrogen-bond donors (Lipinski definition) is 0. The molecule has 0 aromatic carbocycles. The molecule has 10 radical (unpaired) electrons. The Kier molecular flexibility index (Phi) is 5.94. The van der Waals surface area contributed by atoms with Crippen LogP contribution in [0.1, 0.15) is 0 Å². The van der Waals surface area contributed by atoms with E-state index < -0.39 is 19.2 Å². The predicted octanol–water partition coefficient (Wildman–Crippen LogP) is -3.16. The fourth-order valence-electron chi connectivity index (χ4n) is 0.695. The van der Waals surface area contributed by atoms with Crippen LogP contribution in [0, 0.1) is 0 Å². The maximum absolute atomic E-state index is 5.56. The van der Waals surface area contributed by atoms with E-state index in [0.717, 1.165) is 0 Å². The van der Waals surface area contributed by atoms with Crippen molar-refractivity contribution >= 4 is 82.3 Å². The normalized spacial score (nSPS) is 8.00. The van der Waals surface area contributed by atoms with Crippen LogP contribution in [-0.4, -0.2) is 70.3 Å². The summed E-state index contributed by atoms with van der Waals surface area (Å²) in [5, 5.41) is 0. The van der Waals surface area contributed by atoms with Crippen molar-refractivity contribution in [2.45, 2.75) is 0 Å². The minimum absolute atomic E-state index is 0.315. The fourth-order valence-corrected chi connectivity index (χ4v) is 1.06. The van der Waals surface area contributed by atoms with Gasteiger partial charge in [-0.2, -0.15) is 0 Å². The number of rotatable bonds is 4. The summed E-state index contributed by atoms with van der Waals surface area (Å²) in [6.45, 7) is 0. The van der Waals surface area contributed by atoms with Crippen LogP contribution in [0.2, 0.25) is 0 Å². The van der Waals surface area contributed by atoms with Crippen LogP contribution in [0.15, 0.2) is 0 Å². The van der Waals surface area contributed by atoms with E-state index in [1.807, 2.05) is 0 Å². The van der Waals surface area contributed by atoms with Crippen LogP contribution in [0.25, 0.3) is 0 Å². The summed E-state index contributed by atoms with van der Waals surface area (Å²) in [6, 6.07) is 1.40. The van der Waals surface area contributed by atoms with Crippen molar-refractivity contribution in [3.8, 4) is 0 Å². The van der Waals surface area contributed by atoms with E-state index in [-0.39, 0.29) is 6.39 Å². The molecule has 0 nitrogen and oxygen atoms in total. The van der Waals surface area contributed by atoms with E-state index in [4.69, 9.17) is 38.7 Å². The van der Waals surface area contributed by atoms with Gasteiger partial charge in [0.1, 0.15) is 0 Å². The average Bonchev–Trinajstić information content (AvgIpc) is 1.88. The molecule has 0 rings (SSSR count). The molecule has 0 heterocycles. The van der Waals surface area contributed by atoms with Crippen molar-refractivity contribution in [2.75, 3.05) is 0 Å². The van der Waals surface area contributed by atoms with Crippen LogP contribution in [0.5, 0.6) is 0 Å². The van der Waals surface area contributed by atoms with Crippen LogP contribution in [0.4, 0.5) is 0 Å². The van der Waals surface area contributed by atoms with Gasteiger partial charge in [0.05, 0.1) is 0 Å². The van der Waals surface area contributed by atoms with Gasteiger partial charge < -0.3 is 0 Å². The predicted molar refractivity (Wildman–Crippen MR) is 65.1 cm³/mol. The summed E-state index contributed by atoms with van der Waals surface area (Å²) >= 11 is 4.67. The Balaban J connectivity index is 4.13. The topological polar surface area (TPSA) is 0 Å². The summed E-state index contributed by atoms with van der Waals surface area (Å²) in [4.78, 5) is 0. The Morgan fingerprint density at radius 2 is 1.36 bits per heavy atom. The van der Waals surface area contributed by atoms with Gasteiger partial charge in [-0.1, -0.05) is 0 Å². The molecule has 11 heteroatoms. The second-order valence-electron chi connectivity index (χ2n) is 2.45. The van der Waals surface area contributed by atoms with Crippen molar-refractivity contribution in [3.63, 3.8) is 0 Å². The van der Waals surface area contributed by atoms with Gasteiger partial charge in [0.25, 0.3) is 0 Å². The molecule has 0 aliphatic heterocycles. The zero-order chi connectivity index (χ0) is 9.02. The van der Waals surface area contributed by atoms with Crippen molar-refractivity contribution in [1.29, 1.82) is 0 Å². The SMILES string of the molecule is [B]B([B])B([B])B(B=S)B([B])[B]. The second kappa shape index (κ2) is 5.50. The van der Waals surface area contributed by atoms with Crippen LogP contribution < -0.4 is 0 Å². The Morgan fingerprint density at radius 1 is 0.909 bits per heavy atom. The molecule has 0 aliphatic carbocycles. The minimum atomic E-state index is -0.645. The van der Waals surface area contributed by atoms with E-state index >= 15 is 0 Å². The second-order valence-corrected chi connectivity index (χ2v) is 2.72. The van der Waals surface area contributed by atoms with E-state index in [1.165, 1.54) is 6.05 Å². The van der Waals surface area contributed by atoms with Gasteiger partial charge >= 0.3 is 82.3 Å². The molecule has 0 fully saturated rings. The molecule has 0 atom stereocenters. The Morgan fingerprint density at radius 3 is 1.45 bits per heavy atom. The van der Waals surface area contributed by atoms with Crippen molar-refractivity contribution in [3.05, 3.63) is 0 Å². The molecule has 0 aromatic heterocycles. The van der Waals surface area contributed by atoms with Gasteiger partial charge in [0.2, 0.25) is 0 Å². The average molecular weight is 140 g/mol. The fraction of sp³-hybridized carbons (Fsp3) is 0. The molecule has 0 amide bonds. The Bertz CT molecular complexity index is 116. The van der Waals surface area contributed by atoms with Crippen molar-refractivity contribution in [1.82, 2.24) is 0 Å². The third-order valence-corrected chi connectivity index (χ3v) is 1.80. The zero-order valence-corrected chi connectivity index (χ0v) is 7.00. The molecule has 0 saturated heterocycles. The first-order valence-electron chi connectivity index (χ1n) is 3.24.